The van der Waals surface area contributed by atoms with Crippen LogP contribution in [0.4, 0.5) is 4.39 Å². The van der Waals surface area contributed by atoms with Crippen LogP contribution in [0, 0.1) is 5.82 Å². The molecule has 0 aliphatic rings. The summed E-state index contributed by atoms with van der Waals surface area (Å²) < 4.78 is 19.2. The minimum Gasteiger partial charge on any atom is -0.425 e. The highest BCUT2D eigenvalue weighted by Gasteiger charge is 2.10. The van der Waals surface area contributed by atoms with Gasteiger partial charge in [-0.3, -0.25) is 9.36 Å². The van der Waals surface area contributed by atoms with E-state index in [1.54, 1.807) is 24.3 Å². The summed E-state index contributed by atoms with van der Waals surface area (Å²) in [6, 6.07) is 12.1. The van der Waals surface area contributed by atoms with Gasteiger partial charge in [0.05, 0.1) is 17.2 Å². The fourth-order valence-electron chi connectivity index (χ4n) is 2.05. The van der Waals surface area contributed by atoms with Gasteiger partial charge in [-0.15, -0.1) is 0 Å². The first-order chi connectivity index (χ1) is 10.6. The van der Waals surface area contributed by atoms with Crippen molar-refractivity contribution in [2.24, 2.45) is 0 Å². The Morgan fingerprint density at radius 3 is 2.82 bits per heavy atom. The van der Waals surface area contributed by atoms with E-state index in [0.29, 0.717) is 10.9 Å². The lowest BCUT2D eigenvalue weighted by Crippen LogP contribution is -2.26. The normalized spacial score (nSPS) is 10.6. The van der Waals surface area contributed by atoms with Gasteiger partial charge in [-0.05, 0) is 24.3 Å². The molecule has 5 nitrogen and oxygen atoms in total. The molecule has 3 aromatic rings. The number of carbonyl (C=O) groups excluding carboxylic acids is 1. The molecule has 0 saturated heterocycles. The van der Waals surface area contributed by atoms with Crippen LogP contribution in [-0.2, 0) is 11.3 Å². The van der Waals surface area contributed by atoms with Gasteiger partial charge in [0.1, 0.15) is 18.1 Å². The van der Waals surface area contributed by atoms with Crippen molar-refractivity contribution >= 4 is 16.9 Å². The first-order valence-electron chi connectivity index (χ1n) is 6.54. The third kappa shape index (κ3) is 2.85. The first kappa shape index (κ1) is 13.9. The molecule has 0 aliphatic heterocycles. The molecule has 1 heterocycles. The van der Waals surface area contributed by atoms with Gasteiger partial charge in [0.2, 0.25) is 0 Å². The van der Waals surface area contributed by atoms with Gasteiger partial charge in [-0.25, -0.2) is 14.2 Å². The molecular weight excluding hydrogens is 287 g/mol. The van der Waals surface area contributed by atoms with Crippen molar-refractivity contribution in [2.75, 3.05) is 0 Å². The lowest BCUT2D eigenvalue weighted by molar-refractivity contribution is -0.135. The summed E-state index contributed by atoms with van der Waals surface area (Å²) in [4.78, 5) is 28.2. The van der Waals surface area contributed by atoms with E-state index in [2.05, 4.69) is 4.98 Å². The highest BCUT2D eigenvalue weighted by Crippen LogP contribution is 2.12. The summed E-state index contributed by atoms with van der Waals surface area (Å²) in [5, 5.41) is 0.420. The van der Waals surface area contributed by atoms with E-state index in [1.807, 2.05) is 0 Å². The Kier molecular flexibility index (Phi) is 3.65. The number of aromatic nitrogens is 2. The zero-order chi connectivity index (χ0) is 15.5. The molecule has 1 aromatic heterocycles. The maximum Gasteiger partial charge on any atom is 0.331 e. The third-order valence-corrected chi connectivity index (χ3v) is 3.06. The zero-order valence-corrected chi connectivity index (χ0v) is 11.4. The number of rotatable bonds is 3. The second-order valence-corrected chi connectivity index (χ2v) is 4.63. The maximum atomic E-state index is 13.0. The lowest BCUT2D eigenvalue weighted by Gasteiger charge is -2.07. The van der Waals surface area contributed by atoms with E-state index in [4.69, 9.17) is 4.74 Å². The molecule has 3 rings (SSSR count). The van der Waals surface area contributed by atoms with Crippen molar-refractivity contribution < 1.29 is 13.9 Å². The third-order valence-electron chi connectivity index (χ3n) is 3.06. The van der Waals surface area contributed by atoms with Gasteiger partial charge < -0.3 is 4.74 Å². The van der Waals surface area contributed by atoms with Crippen LogP contribution < -0.4 is 10.3 Å². The van der Waals surface area contributed by atoms with Gasteiger partial charge in [0, 0.05) is 6.07 Å². The molecule has 2 aromatic carbocycles. The molecule has 0 aliphatic carbocycles. The number of fused-ring (bicyclic) bond motifs is 1. The van der Waals surface area contributed by atoms with Gasteiger partial charge in [0.25, 0.3) is 5.56 Å². The fraction of sp³-hybridized carbons (Fsp3) is 0.0625. The summed E-state index contributed by atoms with van der Waals surface area (Å²) in [5.41, 5.74) is 0.226. The SMILES string of the molecule is O=C(Cn1cnc2ccccc2c1=O)Oc1cccc(F)c1. The summed E-state index contributed by atoms with van der Waals surface area (Å²) in [7, 11) is 0. The molecule has 0 spiro atoms. The minimum absolute atomic E-state index is 0.0896. The fourth-order valence-corrected chi connectivity index (χ4v) is 2.05. The Morgan fingerprint density at radius 2 is 2.00 bits per heavy atom. The largest absolute Gasteiger partial charge is 0.425 e. The Hall–Kier alpha value is -3.02. The average molecular weight is 298 g/mol. The van der Waals surface area contributed by atoms with Crippen LogP contribution in [0.15, 0.2) is 59.7 Å². The highest BCUT2D eigenvalue weighted by atomic mass is 19.1. The molecule has 6 heteroatoms. The molecule has 0 saturated carbocycles. The number of esters is 1. The lowest BCUT2D eigenvalue weighted by atomic mass is 10.2. The topological polar surface area (TPSA) is 61.2 Å². The maximum absolute atomic E-state index is 13.0. The summed E-state index contributed by atoms with van der Waals surface area (Å²) in [6.07, 6.45) is 1.29. The number of halogens is 1. The number of hydrogen-bond acceptors (Lipinski definition) is 4. The Morgan fingerprint density at radius 1 is 1.18 bits per heavy atom. The van der Waals surface area contributed by atoms with E-state index in [-0.39, 0.29) is 17.9 Å². The van der Waals surface area contributed by atoms with E-state index >= 15 is 0 Å². The molecule has 0 amide bonds. The van der Waals surface area contributed by atoms with Crippen molar-refractivity contribution in [3.8, 4) is 5.75 Å². The number of carbonyl (C=O) groups is 1. The smallest absolute Gasteiger partial charge is 0.331 e. The monoisotopic (exact) mass is 298 g/mol. The molecule has 0 unspecified atom stereocenters. The van der Waals surface area contributed by atoms with Crippen LogP contribution in [0.5, 0.6) is 5.75 Å². The molecule has 22 heavy (non-hydrogen) atoms. The summed E-state index contributed by atoms with van der Waals surface area (Å²) in [5.74, 6) is -1.09. The average Bonchev–Trinajstić information content (AvgIpc) is 2.50. The second kappa shape index (κ2) is 5.77. The van der Waals surface area contributed by atoms with Crippen LogP contribution in [0.3, 0.4) is 0 Å². The van der Waals surface area contributed by atoms with E-state index in [9.17, 15) is 14.0 Å². The predicted octanol–water partition coefficient (Wildman–Crippen LogP) is 2.14. The van der Waals surface area contributed by atoms with Crippen LogP contribution in [0.2, 0.25) is 0 Å². The number of benzene rings is 2. The van der Waals surface area contributed by atoms with E-state index in [1.165, 1.54) is 24.5 Å². The Labute approximate surface area is 124 Å². The second-order valence-electron chi connectivity index (χ2n) is 4.63. The van der Waals surface area contributed by atoms with Crippen molar-refractivity contribution in [3.63, 3.8) is 0 Å². The highest BCUT2D eigenvalue weighted by molar-refractivity contribution is 5.77. The van der Waals surface area contributed by atoms with Crippen molar-refractivity contribution in [2.45, 2.75) is 6.54 Å². The number of hydrogen-bond donors (Lipinski definition) is 0. The van der Waals surface area contributed by atoms with Crippen LogP contribution in [0.1, 0.15) is 0 Å². The van der Waals surface area contributed by atoms with Crippen LogP contribution in [0.25, 0.3) is 10.9 Å². The molecule has 0 N–H and O–H groups in total. The van der Waals surface area contributed by atoms with Gasteiger partial charge in [-0.2, -0.15) is 0 Å². The Balaban J connectivity index is 1.82. The van der Waals surface area contributed by atoms with Crippen molar-refractivity contribution in [1.82, 2.24) is 9.55 Å². The van der Waals surface area contributed by atoms with E-state index < -0.39 is 11.8 Å². The molecule has 0 bridgehead atoms. The van der Waals surface area contributed by atoms with Crippen molar-refractivity contribution in [1.29, 1.82) is 0 Å². The number of para-hydroxylation sites is 1. The van der Waals surface area contributed by atoms with Crippen molar-refractivity contribution in [3.05, 3.63) is 71.0 Å². The van der Waals surface area contributed by atoms with Gasteiger partial charge >= 0.3 is 5.97 Å². The first-order valence-corrected chi connectivity index (χ1v) is 6.54. The number of nitrogens with zero attached hydrogens (tertiary/aromatic N) is 2. The van der Waals surface area contributed by atoms with Crippen LogP contribution >= 0.6 is 0 Å². The minimum atomic E-state index is -0.676. The predicted molar refractivity (Wildman–Crippen MR) is 78.0 cm³/mol. The standard InChI is InChI=1S/C16H11FN2O3/c17-11-4-3-5-12(8-11)22-15(20)9-19-10-18-14-7-2-1-6-13(14)16(19)21/h1-8,10H,9H2. The number of ether oxygens (including phenoxy) is 1. The summed E-state index contributed by atoms with van der Waals surface area (Å²) in [6.45, 7) is -0.298. The molecule has 0 fully saturated rings. The molecular formula is C16H11FN2O3. The van der Waals surface area contributed by atoms with Crippen LogP contribution in [-0.4, -0.2) is 15.5 Å². The quantitative estimate of drug-likeness (QED) is 0.549. The van der Waals surface area contributed by atoms with Gasteiger partial charge in [-0.1, -0.05) is 18.2 Å². The summed E-state index contributed by atoms with van der Waals surface area (Å²) >= 11 is 0. The molecule has 0 radical (unpaired) electrons. The molecule has 0 atom stereocenters. The van der Waals surface area contributed by atoms with E-state index in [0.717, 1.165) is 10.6 Å². The Bertz CT molecular complexity index is 905. The zero-order valence-electron chi connectivity index (χ0n) is 11.4. The molecule has 110 valence electrons. The van der Waals surface area contributed by atoms with Gasteiger partial charge in [0.15, 0.2) is 0 Å².